The van der Waals surface area contributed by atoms with Crippen LogP contribution in [0.2, 0.25) is 5.02 Å². The first-order valence-corrected chi connectivity index (χ1v) is 7.20. The number of carbonyl (C=O) groups is 1. The molecule has 1 amide bonds. The summed E-state index contributed by atoms with van der Waals surface area (Å²) in [6.45, 7) is 2.95. The van der Waals surface area contributed by atoms with E-state index in [0.29, 0.717) is 34.5 Å². The molecule has 1 atom stereocenters. The monoisotopic (exact) mass is 332 g/mol. The van der Waals surface area contributed by atoms with Gasteiger partial charge in [0.15, 0.2) is 11.5 Å². The number of fused-ring (bicyclic) bond motifs is 1. The van der Waals surface area contributed by atoms with Crippen LogP contribution in [-0.4, -0.2) is 32.3 Å². The van der Waals surface area contributed by atoms with Crippen molar-refractivity contribution >= 4 is 29.9 Å². The molecule has 3 rings (SSSR count). The molecule has 21 heavy (non-hydrogen) atoms. The van der Waals surface area contributed by atoms with Crippen LogP contribution in [-0.2, 0) is 0 Å². The van der Waals surface area contributed by atoms with Gasteiger partial charge in [-0.25, -0.2) is 0 Å². The molecule has 0 saturated carbocycles. The molecule has 1 aromatic carbocycles. The molecular weight excluding hydrogens is 315 g/mol. The maximum atomic E-state index is 12.1. The first-order valence-electron chi connectivity index (χ1n) is 6.82. The van der Waals surface area contributed by atoms with E-state index in [-0.39, 0.29) is 25.1 Å². The summed E-state index contributed by atoms with van der Waals surface area (Å²) in [6.07, 6.45) is 2.18. The lowest BCUT2D eigenvalue weighted by molar-refractivity contribution is 0.0951. The molecule has 0 spiro atoms. The second kappa shape index (κ2) is 7.20. The lowest BCUT2D eigenvalue weighted by Crippen LogP contribution is -2.26. The topological polar surface area (TPSA) is 59.6 Å². The van der Waals surface area contributed by atoms with Gasteiger partial charge in [-0.15, -0.1) is 12.4 Å². The van der Waals surface area contributed by atoms with Crippen molar-refractivity contribution < 1.29 is 14.3 Å². The molecule has 1 fully saturated rings. The van der Waals surface area contributed by atoms with Gasteiger partial charge < -0.3 is 20.1 Å². The van der Waals surface area contributed by atoms with E-state index in [2.05, 4.69) is 10.6 Å². The number of hydrogen-bond donors (Lipinski definition) is 2. The van der Waals surface area contributed by atoms with Crippen molar-refractivity contribution in [3.63, 3.8) is 0 Å². The summed E-state index contributed by atoms with van der Waals surface area (Å²) in [5.74, 6) is 1.58. The summed E-state index contributed by atoms with van der Waals surface area (Å²) in [6, 6.07) is 3.28. The molecular formula is C14H18Cl2N2O3. The van der Waals surface area contributed by atoms with Crippen molar-refractivity contribution in [1.82, 2.24) is 10.6 Å². The van der Waals surface area contributed by atoms with Gasteiger partial charge >= 0.3 is 0 Å². The minimum Gasteiger partial charge on any atom is -0.454 e. The molecule has 0 aliphatic carbocycles. The largest absolute Gasteiger partial charge is 0.454 e. The van der Waals surface area contributed by atoms with Crippen LogP contribution in [0.15, 0.2) is 12.1 Å². The SMILES string of the molecule is Cl.O=C(NCCC1CCNC1)c1cc(Cl)c2c(c1)OCO2. The Hall–Kier alpha value is -1.17. The Bertz CT molecular complexity index is 519. The number of amides is 1. The maximum Gasteiger partial charge on any atom is 0.251 e. The number of carbonyl (C=O) groups excluding carboxylic acids is 1. The van der Waals surface area contributed by atoms with E-state index in [1.54, 1.807) is 12.1 Å². The highest BCUT2D eigenvalue weighted by Crippen LogP contribution is 2.39. The van der Waals surface area contributed by atoms with Gasteiger partial charge in [0.1, 0.15) is 0 Å². The van der Waals surface area contributed by atoms with E-state index >= 15 is 0 Å². The van der Waals surface area contributed by atoms with Gasteiger partial charge in [-0.1, -0.05) is 11.6 Å². The highest BCUT2D eigenvalue weighted by atomic mass is 35.5. The molecule has 7 heteroatoms. The van der Waals surface area contributed by atoms with Crippen molar-refractivity contribution in [2.75, 3.05) is 26.4 Å². The van der Waals surface area contributed by atoms with Gasteiger partial charge in [0.2, 0.25) is 6.79 Å². The number of ether oxygens (including phenoxy) is 2. The Balaban J connectivity index is 0.00000161. The van der Waals surface area contributed by atoms with E-state index in [4.69, 9.17) is 21.1 Å². The fourth-order valence-corrected chi connectivity index (χ4v) is 2.82. The van der Waals surface area contributed by atoms with Crippen LogP contribution < -0.4 is 20.1 Å². The number of rotatable bonds is 4. The Labute approximate surface area is 134 Å². The molecule has 5 nitrogen and oxygen atoms in total. The van der Waals surface area contributed by atoms with E-state index in [9.17, 15) is 4.79 Å². The van der Waals surface area contributed by atoms with Gasteiger partial charge in [0.25, 0.3) is 5.91 Å². The Morgan fingerprint density at radius 2 is 2.29 bits per heavy atom. The number of benzene rings is 1. The van der Waals surface area contributed by atoms with Gasteiger partial charge in [-0.3, -0.25) is 4.79 Å². The van der Waals surface area contributed by atoms with Crippen LogP contribution in [0.5, 0.6) is 11.5 Å². The smallest absolute Gasteiger partial charge is 0.251 e. The van der Waals surface area contributed by atoms with Gasteiger partial charge in [0.05, 0.1) is 5.02 Å². The van der Waals surface area contributed by atoms with Crippen LogP contribution in [0.4, 0.5) is 0 Å². The Kier molecular flexibility index (Phi) is 5.56. The fraction of sp³-hybridized carbons (Fsp3) is 0.500. The number of nitrogens with one attached hydrogen (secondary N) is 2. The summed E-state index contributed by atoms with van der Waals surface area (Å²) in [4.78, 5) is 12.1. The van der Waals surface area contributed by atoms with E-state index in [1.807, 2.05) is 0 Å². The molecule has 116 valence electrons. The van der Waals surface area contributed by atoms with Crippen molar-refractivity contribution in [2.24, 2.45) is 5.92 Å². The van der Waals surface area contributed by atoms with E-state index in [1.165, 1.54) is 6.42 Å². The van der Waals surface area contributed by atoms with E-state index in [0.717, 1.165) is 19.5 Å². The molecule has 2 aliphatic rings. The average molecular weight is 333 g/mol. The molecule has 0 aromatic heterocycles. The first kappa shape index (κ1) is 16.2. The predicted molar refractivity (Wildman–Crippen MR) is 82.7 cm³/mol. The van der Waals surface area contributed by atoms with Crippen molar-refractivity contribution in [2.45, 2.75) is 12.8 Å². The highest BCUT2D eigenvalue weighted by molar-refractivity contribution is 6.32. The quantitative estimate of drug-likeness (QED) is 0.887. The van der Waals surface area contributed by atoms with Crippen molar-refractivity contribution in [3.8, 4) is 11.5 Å². The summed E-state index contributed by atoms with van der Waals surface area (Å²) < 4.78 is 10.5. The number of hydrogen-bond acceptors (Lipinski definition) is 4. The maximum absolute atomic E-state index is 12.1. The second-order valence-corrected chi connectivity index (χ2v) is 5.50. The summed E-state index contributed by atoms with van der Waals surface area (Å²) >= 11 is 6.06. The standard InChI is InChI=1S/C14H17ClN2O3.ClH/c15-11-5-10(6-12-13(11)20-8-19-12)14(18)17-4-2-9-1-3-16-7-9;/h5-6,9,16H,1-4,7-8H2,(H,17,18);1H. The third kappa shape index (κ3) is 3.73. The van der Waals surface area contributed by atoms with E-state index < -0.39 is 0 Å². The summed E-state index contributed by atoms with van der Waals surface area (Å²) in [5, 5.41) is 6.65. The predicted octanol–water partition coefficient (Wildman–Crippen LogP) is 2.22. The molecule has 0 bridgehead atoms. The molecule has 0 radical (unpaired) electrons. The fourth-order valence-electron chi connectivity index (χ4n) is 2.55. The second-order valence-electron chi connectivity index (χ2n) is 5.10. The molecule has 1 unspecified atom stereocenters. The first-order chi connectivity index (χ1) is 9.74. The van der Waals surface area contributed by atoms with Crippen molar-refractivity contribution in [1.29, 1.82) is 0 Å². The molecule has 1 saturated heterocycles. The summed E-state index contributed by atoms with van der Waals surface area (Å²) in [7, 11) is 0. The molecule has 2 heterocycles. The van der Waals surface area contributed by atoms with Crippen LogP contribution in [0, 0.1) is 5.92 Å². The van der Waals surface area contributed by atoms with Crippen molar-refractivity contribution in [3.05, 3.63) is 22.7 Å². The zero-order chi connectivity index (χ0) is 13.9. The van der Waals surface area contributed by atoms with Gasteiger partial charge in [-0.2, -0.15) is 0 Å². The van der Waals surface area contributed by atoms with Crippen LogP contribution in [0.25, 0.3) is 0 Å². The van der Waals surface area contributed by atoms with Gasteiger partial charge in [0, 0.05) is 12.1 Å². The number of halogens is 2. The molecule has 2 aliphatic heterocycles. The zero-order valence-electron chi connectivity index (χ0n) is 11.5. The Morgan fingerprint density at radius 3 is 3.05 bits per heavy atom. The van der Waals surface area contributed by atoms with Crippen LogP contribution in [0.3, 0.4) is 0 Å². The average Bonchev–Trinajstić information content (AvgIpc) is 3.08. The lowest BCUT2D eigenvalue weighted by Gasteiger charge is -2.10. The third-order valence-electron chi connectivity index (χ3n) is 3.69. The van der Waals surface area contributed by atoms with Crippen LogP contribution >= 0.6 is 24.0 Å². The van der Waals surface area contributed by atoms with Gasteiger partial charge in [-0.05, 0) is 44.0 Å². The summed E-state index contributed by atoms with van der Waals surface area (Å²) in [5.41, 5.74) is 0.504. The highest BCUT2D eigenvalue weighted by Gasteiger charge is 2.21. The zero-order valence-corrected chi connectivity index (χ0v) is 13.1. The minimum absolute atomic E-state index is 0. The lowest BCUT2D eigenvalue weighted by atomic mass is 10.1. The minimum atomic E-state index is -0.129. The normalized spacial score (nSPS) is 19.2. The molecule has 2 N–H and O–H groups in total. The third-order valence-corrected chi connectivity index (χ3v) is 3.97. The molecule has 1 aromatic rings. The van der Waals surface area contributed by atoms with Crippen LogP contribution in [0.1, 0.15) is 23.2 Å². The Morgan fingerprint density at radius 1 is 1.43 bits per heavy atom.